The van der Waals surface area contributed by atoms with E-state index in [0.717, 1.165) is 5.56 Å². The van der Waals surface area contributed by atoms with E-state index in [2.05, 4.69) is 15.6 Å². The lowest BCUT2D eigenvalue weighted by Crippen LogP contribution is -2.45. The molecule has 1 aliphatic rings. The summed E-state index contributed by atoms with van der Waals surface area (Å²) in [7, 11) is 0. The Labute approximate surface area is 188 Å². The Hall–Kier alpha value is -3.52. The predicted molar refractivity (Wildman–Crippen MR) is 120 cm³/mol. The predicted octanol–water partition coefficient (Wildman–Crippen LogP) is 2.57. The first-order chi connectivity index (χ1) is 15.3. The standard InChI is InChI=1S/C23H21ClN4O4/c1-12-10-14(6-7-16(12)24)21(30)25-11-15-4-3-5-17-20(15)23(32)28(13(2)26-17)18-8-9-19(29)27-22(18)31/h3-7,10,18H,8-9,11H2,1-2H3,(H,25,30)(H,27,29,31). The van der Waals surface area contributed by atoms with Crippen LogP contribution in [-0.2, 0) is 16.1 Å². The zero-order valence-corrected chi connectivity index (χ0v) is 18.3. The van der Waals surface area contributed by atoms with Crippen molar-refractivity contribution in [2.24, 2.45) is 0 Å². The fourth-order valence-electron chi connectivity index (χ4n) is 3.93. The number of rotatable bonds is 4. The molecule has 164 valence electrons. The third kappa shape index (κ3) is 4.01. The minimum Gasteiger partial charge on any atom is -0.348 e. The molecule has 1 unspecified atom stereocenters. The minimum absolute atomic E-state index is 0.104. The molecule has 3 aromatic rings. The van der Waals surface area contributed by atoms with E-state index in [1.165, 1.54) is 4.57 Å². The maximum absolute atomic E-state index is 13.4. The van der Waals surface area contributed by atoms with E-state index in [1.807, 2.05) is 6.92 Å². The Morgan fingerprint density at radius 1 is 1.22 bits per heavy atom. The molecule has 8 nitrogen and oxygen atoms in total. The van der Waals surface area contributed by atoms with Gasteiger partial charge in [-0.3, -0.25) is 29.1 Å². The number of imide groups is 1. The molecule has 1 aliphatic heterocycles. The summed E-state index contributed by atoms with van der Waals surface area (Å²) in [6.07, 6.45) is 0.381. The number of halogens is 1. The number of nitrogens with one attached hydrogen (secondary N) is 2. The summed E-state index contributed by atoms with van der Waals surface area (Å²) in [6.45, 7) is 3.57. The van der Waals surface area contributed by atoms with Gasteiger partial charge in [0.15, 0.2) is 0 Å². The normalized spacial score (nSPS) is 16.2. The van der Waals surface area contributed by atoms with Crippen molar-refractivity contribution in [3.8, 4) is 0 Å². The fraction of sp³-hybridized carbons (Fsp3) is 0.261. The first-order valence-electron chi connectivity index (χ1n) is 10.1. The number of piperidine rings is 1. The molecule has 0 radical (unpaired) electrons. The molecule has 0 aliphatic carbocycles. The van der Waals surface area contributed by atoms with Gasteiger partial charge in [0.1, 0.15) is 11.9 Å². The molecule has 1 saturated heterocycles. The molecule has 2 aromatic carbocycles. The number of benzene rings is 2. The third-order valence-corrected chi connectivity index (χ3v) is 6.00. The molecule has 0 spiro atoms. The third-order valence-electron chi connectivity index (χ3n) is 5.57. The monoisotopic (exact) mass is 452 g/mol. The van der Waals surface area contributed by atoms with Crippen LogP contribution in [0, 0.1) is 13.8 Å². The molecule has 1 aromatic heterocycles. The lowest BCUT2D eigenvalue weighted by atomic mass is 10.0. The van der Waals surface area contributed by atoms with Gasteiger partial charge in [-0.15, -0.1) is 0 Å². The lowest BCUT2D eigenvalue weighted by Gasteiger charge is -2.24. The van der Waals surface area contributed by atoms with Gasteiger partial charge < -0.3 is 5.32 Å². The van der Waals surface area contributed by atoms with Gasteiger partial charge >= 0.3 is 0 Å². The number of hydrogen-bond acceptors (Lipinski definition) is 5. The Balaban J connectivity index is 1.69. The van der Waals surface area contributed by atoms with Gasteiger partial charge in [-0.25, -0.2) is 4.98 Å². The van der Waals surface area contributed by atoms with E-state index in [9.17, 15) is 19.2 Å². The second-order valence-corrected chi connectivity index (χ2v) is 8.17. The molecule has 3 amide bonds. The fourth-order valence-corrected chi connectivity index (χ4v) is 4.05. The van der Waals surface area contributed by atoms with E-state index < -0.39 is 11.9 Å². The van der Waals surface area contributed by atoms with Crippen molar-refractivity contribution >= 4 is 40.2 Å². The van der Waals surface area contributed by atoms with Gasteiger partial charge in [0.05, 0.1) is 10.9 Å². The van der Waals surface area contributed by atoms with Crippen LogP contribution < -0.4 is 16.2 Å². The largest absolute Gasteiger partial charge is 0.348 e. The van der Waals surface area contributed by atoms with E-state index in [0.29, 0.717) is 32.9 Å². The second-order valence-electron chi connectivity index (χ2n) is 7.76. The Kier molecular flexibility index (Phi) is 5.80. The van der Waals surface area contributed by atoms with Crippen molar-refractivity contribution in [1.29, 1.82) is 0 Å². The highest BCUT2D eigenvalue weighted by molar-refractivity contribution is 6.31. The molecule has 4 rings (SSSR count). The van der Waals surface area contributed by atoms with Gasteiger partial charge in [-0.1, -0.05) is 23.7 Å². The van der Waals surface area contributed by atoms with E-state index >= 15 is 0 Å². The van der Waals surface area contributed by atoms with Crippen molar-refractivity contribution < 1.29 is 14.4 Å². The van der Waals surface area contributed by atoms with Crippen LogP contribution in [0.4, 0.5) is 0 Å². The zero-order chi connectivity index (χ0) is 23.0. The SMILES string of the molecule is Cc1cc(C(=O)NCc2cccc3nc(C)n(C4CCC(=O)NC4=O)c(=O)c23)ccc1Cl. The number of nitrogens with zero attached hydrogens (tertiary/aromatic N) is 2. The summed E-state index contributed by atoms with van der Waals surface area (Å²) >= 11 is 6.03. The lowest BCUT2D eigenvalue weighted by molar-refractivity contribution is -0.135. The van der Waals surface area contributed by atoms with Crippen molar-refractivity contribution in [1.82, 2.24) is 20.2 Å². The van der Waals surface area contributed by atoms with Crippen LogP contribution in [-0.4, -0.2) is 27.3 Å². The van der Waals surface area contributed by atoms with Gasteiger partial charge in [-0.2, -0.15) is 0 Å². The summed E-state index contributed by atoms with van der Waals surface area (Å²) in [5, 5.41) is 6.01. The smallest absolute Gasteiger partial charge is 0.262 e. The highest BCUT2D eigenvalue weighted by Gasteiger charge is 2.30. The van der Waals surface area contributed by atoms with E-state index in [1.54, 1.807) is 43.3 Å². The van der Waals surface area contributed by atoms with Crippen LogP contribution in [0.2, 0.25) is 5.02 Å². The molecule has 0 bridgehead atoms. The average Bonchev–Trinajstić information content (AvgIpc) is 2.75. The molecule has 1 atom stereocenters. The zero-order valence-electron chi connectivity index (χ0n) is 17.6. The number of hydrogen-bond donors (Lipinski definition) is 2. The highest BCUT2D eigenvalue weighted by atomic mass is 35.5. The molecule has 0 saturated carbocycles. The van der Waals surface area contributed by atoms with Gasteiger partial charge in [0.2, 0.25) is 11.8 Å². The van der Waals surface area contributed by atoms with E-state index in [-0.39, 0.29) is 36.8 Å². The van der Waals surface area contributed by atoms with Crippen LogP contribution >= 0.6 is 11.6 Å². The van der Waals surface area contributed by atoms with Gasteiger partial charge in [0, 0.05) is 23.6 Å². The quantitative estimate of drug-likeness (QED) is 0.591. The number of fused-ring (bicyclic) bond motifs is 1. The molecule has 2 N–H and O–H groups in total. The van der Waals surface area contributed by atoms with Crippen molar-refractivity contribution in [3.63, 3.8) is 0 Å². The molecule has 32 heavy (non-hydrogen) atoms. The minimum atomic E-state index is -0.809. The highest BCUT2D eigenvalue weighted by Crippen LogP contribution is 2.21. The molecular formula is C23H21ClN4O4. The summed E-state index contributed by atoms with van der Waals surface area (Å²) in [6, 6.07) is 9.40. The van der Waals surface area contributed by atoms with Crippen molar-refractivity contribution in [2.45, 2.75) is 39.3 Å². The van der Waals surface area contributed by atoms with Crippen molar-refractivity contribution in [2.75, 3.05) is 0 Å². The molecule has 2 heterocycles. The molecule has 9 heteroatoms. The molecule has 1 fully saturated rings. The first-order valence-corrected chi connectivity index (χ1v) is 10.5. The van der Waals surface area contributed by atoms with Crippen LogP contribution in [0.3, 0.4) is 0 Å². The summed E-state index contributed by atoms with van der Waals surface area (Å²) in [4.78, 5) is 54.4. The average molecular weight is 453 g/mol. The molecular weight excluding hydrogens is 432 g/mol. The second kappa shape index (κ2) is 8.55. The van der Waals surface area contributed by atoms with Crippen LogP contribution in [0.5, 0.6) is 0 Å². The topological polar surface area (TPSA) is 110 Å². The number of carbonyl (C=O) groups is 3. The Morgan fingerprint density at radius 3 is 2.72 bits per heavy atom. The van der Waals surface area contributed by atoms with Gasteiger partial charge in [-0.05, 0) is 55.7 Å². The van der Waals surface area contributed by atoms with Crippen LogP contribution in [0.25, 0.3) is 10.9 Å². The number of aromatic nitrogens is 2. The maximum atomic E-state index is 13.4. The maximum Gasteiger partial charge on any atom is 0.262 e. The van der Waals surface area contributed by atoms with Crippen LogP contribution in [0.15, 0.2) is 41.2 Å². The number of amides is 3. The van der Waals surface area contributed by atoms with E-state index in [4.69, 9.17) is 11.6 Å². The summed E-state index contributed by atoms with van der Waals surface area (Å²) < 4.78 is 1.33. The Morgan fingerprint density at radius 2 is 2.00 bits per heavy atom. The van der Waals surface area contributed by atoms with Crippen molar-refractivity contribution in [3.05, 3.63) is 74.3 Å². The summed E-state index contributed by atoms with van der Waals surface area (Å²) in [5.41, 5.74) is 1.93. The Bertz CT molecular complexity index is 1330. The first kappa shape index (κ1) is 21.7. The summed E-state index contributed by atoms with van der Waals surface area (Å²) in [5.74, 6) is -0.787. The van der Waals surface area contributed by atoms with Gasteiger partial charge in [0.25, 0.3) is 11.5 Å². The number of carbonyl (C=O) groups excluding carboxylic acids is 3. The number of aryl methyl sites for hydroxylation is 2. The van der Waals surface area contributed by atoms with Crippen LogP contribution in [0.1, 0.15) is 46.2 Å².